The number of nitro groups is 1. The average Bonchev–Trinajstić information content (AvgIpc) is 3.03. The summed E-state index contributed by atoms with van der Waals surface area (Å²) in [5.41, 5.74) is 0. The molecule has 0 aliphatic carbocycles. The van der Waals surface area contributed by atoms with Crippen molar-refractivity contribution >= 4 is 27.9 Å². The van der Waals surface area contributed by atoms with E-state index in [1.54, 1.807) is 18.5 Å². The predicted molar refractivity (Wildman–Crippen MR) is 65.9 cm³/mol. The summed E-state index contributed by atoms with van der Waals surface area (Å²) in [6.45, 7) is 1.77. The molecule has 0 spiro atoms. The molecule has 10 nitrogen and oxygen atoms in total. The lowest BCUT2D eigenvalue weighted by Gasteiger charge is -2.07. The van der Waals surface area contributed by atoms with Gasteiger partial charge in [-0.05, 0) is 11.8 Å². The van der Waals surface area contributed by atoms with E-state index in [9.17, 15) is 10.1 Å². The molecule has 0 amide bonds. The Kier molecular flexibility index (Phi) is 2.59. The zero-order valence-corrected chi connectivity index (χ0v) is 10.5. The third kappa shape index (κ3) is 1.89. The zero-order chi connectivity index (χ0) is 13.4. The first-order valence-corrected chi connectivity index (χ1v) is 6.14. The molecule has 0 aromatic carbocycles. The normalized spacial score (nSPS) is 12.7. The number of rotatable bonds is 4. The SMILES string of the molecule is CC(Nc1nc2sccn2c1[N+](=O)[O-])c1nn[nH]n1. The number of aromatic nitrogens is 6. The minimum Gasteiger partial charge on any atom is -0.358 e. The second-order valence-corrected chi connectivity index (χ2v) is 4.61. The molecular weight excluding hydrogens is 272 g/mol. The highest BCUT2D eigenvalue weighted by Gasteiger charge is 2.25. The lowest BCUT2D eigenvalue weighted by Crippen LogP contribution is -2.10. The first-order chi connectivity index (χ1) is 9.16. The van der Waals surface area contributed by atoms with Crippen LogP contribution in [0, 0.1) is 10.1 Å². The van der Waals surface area contributed by atoms with Crippen molar-refractivity contribution in [2.45, 2.75) is 13.0 Å². The van der Waals surface area contributed by atoms with Crippen molar-refractivity contribution in [3.8, 4) is 0 Å². The molecular formula is C8H8N8O2S. The van der Waals surface area contributed by atoms with Crippen LogP contribution in [0.2, 0.25) is 0 Å². The van der Waals surface area contributed by atoms with Crippen LogP contribution < -0.4 is 5.32 Å². The van der Waals surface area contributed by atoms with Gasteiger partial charge in [0.15, 0.2) is 5.82 Å². The van der Waals surface area contributed by atoms with Gasteiger partial charge in [0.05, 0.1) is 6.04 Å². The summed E-state index contributed by atoms with van der Waals surface area (Å²) in [5, 5.41) is 29.2. The quantitative estimate of drug-likeness (QED) is 0.538. The Morgan fingerprint density at radius 1 is 1.63 bits per heavy atom. The lowest BCUT2D eigenvalue weighted by atomic mass is 10.3. The Bertz CT molecular complexity index is 716. The average molecular weight is 280 g/mol. The van der Waals surface area contributed by atoms with Crippen LogP contribution in [0.5, 0.6) is 0 Å². The van der Waals surface area contributed by atoms with E-state index in [1.165, 1.54) is 15.7 Å². The van der Waals surface area contributed by atoms with E-state index in [1.807, 2.05) is 0 Å². The second kappa shape index (κ2) is 4.28. The first-order valence-electron chi connectivity index (χ1n) is 5.26. The van der Waals surface area contributed by atoms with Crippen molar-refractivity contribution in [1.29, 1.82) is 0 Å². The molecule has 3 heterocycles. The molecule has 3 aromatic rings. The highest BCUT2D eigenvalue weighted by atomic mass is 32.1. The molecule has 3 rings (SSSR count). The van der Waals surface area contributed by atoms with E-state index >= 15 is 0 Å². The van der Waals surface area contributed by atoms with Gasteiger partial charge in [-0.25, -0.2) is 0 Å². The second-order valence-electron chi connectivity index (χ2n) is 3.73. The monoisotopic (exact) mass is 280 g/mol. The number of hydrogen-bond acceptors (Lipinski definition) is 8. The van der Waals surface area contributed by atoms with Gasteiger partial charge in [-0.2, -0.15) is 14.6 Å². The molecule has 98 valence electrons. The van der Waals surface area contributed by atoms with E-state index in [-0.39, 0.29) is 17.7 Å². The fourth-order valence-electron chi connectivity index (χ4n) is 1.67. The Balaban J connectivity index is 1.98. The standard InChI is InChI=1S/C8H8N8O2S/c1-4(5-11-13-14-12-5)9-6-7(16(17)18)15-2-3-19-8(15)10-6/h2-4,9H,1H3,(H,11,12,13,14). The summed E-state index contributed by atoms with van der Waals surface area (Å²) >= 11 is 1.32. The van der Waals surface area contributed by atoms with Gasteiger partial charge in [-0.15, -0.1) is 10.2 Å². The van der Waals surface area contributed by atoms with Crippen LogP contribution in [0.1, 0.15) is 18.8 Å². The molecule has 11 heteroatoms. The van der Waals surface area contributed by atoms with Crippen molar-refractivity contribution in [3.63, 3.8) is 0 Å². The Morgan fingerprint density at radius 3 is 3.16 bits per heavy atom. The topological polar surface area (TPSA) is 127 Å². The van der Waals surface area contributed by atoms with Crippen LogP contribution >= 0.6 is 11.3 Å². The van der Waals surface area contributed by atoms with Crippen LogP contribution in [-0.4, -0.2) is 34.9 Å². The molecule has 0 saturated heterocycles. The Labute approximate surface area is 109 Å². The predicted octanol–water partition coefficient (Wildman–Crippen LogP) is 0.990. The number of hydrogen-bond donors (Lipinski definition) is 2. The van der Waals surface area contributed by atoms with Crippen molar-refractivity contribution in [2.75, 3.05) is 5.32 Å². The van der Waals surface area contributed by atoms with E-state index < -0.39 is 4.92 Å². The number of thiazole rings is 1. The maximum absolute atomic E-state index is 11.1. The zero-order valence-electron chi connectivity index (χ0n) is 9.64. The number of nitrogens with one attached hydrogen (secondary N) is 2. The molecule has 19 heavy (non-hydrogen) atoms. The molecule has 0 fully saturated rings. The number of fused-ring (bicyclic) bond motifs is 1. The fourth-order valence-corrected chi connectivity index (χ4v) is 2.38. The van der Waals surface area contributed by atoms with Crippen molar-refractivity contribution in [3.05, 3.63) is 27.5 Å². The number of H-pyrrole nitrogens is 1. The van der Waals surface area contributed by atoms with Gasteiger partial charge in [0.25, 0.3) is 4.96 Å². The molecule has 0 radical (unpaired) electrons. The fraction of sp³-hybridized carbons (Fsp3) is 0.250. The number of aromatic amines is 1. The molecule has 0 aliphatic rings. The van der Waals surface area contributed by atoms with Crippen molar-refractivity contribution in [2.24, 2.45) is 0 Å². The molecule has 0 aliphatic heterocycles. The summed E-state index contributed by atoms with van der Waals surface area (Å²) in [5.74, 6) is 0.492. The summed E-state index contributed by atoms with van der Waals surface area (Å²) in [4.78, 5) is 15.4. The van der Waals surface area contributed by atoms with Crippen LogP contribution in [0.15, 0.2) is 11.6 Å². The summed E-state index contributed by atoms with van der Waals surface area (Å²) < 4.78 is 1.43. The highest BCUT2D eigenvalue weighted by molar-refractivity contribution is 7.15. The molecule has 3 aromatic heterocycles. The van der Waals surface area contributed by atoms with Gasteiger partial charge in [0.2, 0.25) is 5.82 Å². The Hall–Kier alpha value is -2.56. The smallest absolute Gasteiger partial charge is 0.358 e. The maximum atomic E-state index is 11.1. The summed E-state index contributed by atoms with van der Waals surface area (Å²) in [6, 6.07) is -0.345. The number of tetrazole rings is 1. The maximum Gasteiger partial charge on any atom is 0.372 e. The molecule has 2 N–H and O–H groups in total. The van der Waals surface area contributed by atoms with Gasteiger partial charge in [0, 0.05) is 5.38 Å². The molecule has 1 atom stereocenters. The minimum absolute atomic E-state index is 0.105. The minimum atomic E-state index is -0.474. The van der Waals surface area contributed by atoms with Crippen LogP contribution in [0.4, 0.5) is 11.6 Å². The van der Waals surface area contributed by atoms with E-state index in [0.29, 0.717) is 10.8 Å². The number of imidazole rings is 1. The van der Waals surface area contributed by atoms with Crippen LogP contribution in [0.25, 0.3) is 4.96 Å². The van der Waals surface area contributed by atoms with Crippen molar-refractivity contribution < 1.29 is 4.92 Å². The summed E-state index contributed by atoms with van der Waals surface area (Å²) in [7, 11) is 0. The largest absolute Gasteiger partial charge is 0.372 e. The number of nitrogens with zero attached hydrogens (tertiary/aromatic N) is 6. The van der Waals surface area contributed by atoms with Gasteiger partial charge < -0.3 is 15.4 Å². The third-order valence-electron chi connectivity index (χ3n) is 2.51. The van der Waals surface area contributed by atoms with Crippen LogP contribution in [-0.2, 0) is 0 Å². The molecule has 0 bridgehead atoms. The van der Waals surface area contributed by atoms with Gasteiger partial charge in [0.1, 0.15) is 6.20 Å². The highest BCUT2D eigenvalue weighted by Crippen LogP contribution is 2.29. The third-order valence-corrected chi connectivity index (χ3v) is 3.27. The lowest BCUT2D eigenvalue weighted by molar-refractivity contribution is -0.389. The molecule has 0 saturated carbocycles. The van der Waals surface area contributed by atoms with E-state index in [4.69, 9.17) is 0 Å². The summed E-state index contributed by atoms with van der Waals surface area (Å²) in [6.07, 6.45) is 1.61. The van der Waals surface area contributed by atoms with Crippen LogP contribution in [0.3, 0.4) is 0 Å². The van der Waals surface area contributed by atoms with Gasteiger partial charge >= 0.3 is 5.82 Å². The van der Waals surface area contributed by atoms with E-state index in [0.717, 1.165) is 0 Å². The van der Waals surface area contributed by atoms with Crippen molar-refractivity contribution in [1.82, 2.24) is 30.0 Å². The Morgan fingerprint density at radius 2 is 2.47 bits per heavy atom. The molecule has 1 unspecified atom stereocenters. The number of anilines is 1. The van der Waals surface area contributed by atoms with Gasteiger partial charge in [-0.3, -0.25) is 0 Å². The first kappa shape index (κ1) is 11.5. The van der Waals surface area contributed by atoms with Gasteiger partial charge in [-0.1, -0.05) is 16.6 Å². The van der Waals surface area contributed by atoms with E-state index in [2.05, 4.69) is 30.9 Å².